The van der Waals surface area contributed by atoms with E-state index >= 15 is 0 Å². The molecule has 0 radical (unpaired) electrons. The molecule has 6 heteroatoms. The van der Waals surface area contributed by atoms with Crippen molar-refractivity contribution >= 4 is 23.2 Å². The molecule has 1 aliphatic carbocycles. The molecule has 1 N–H and O–H groups in total. The Kier molecular flexibility index (Phi) is 13.8. The predicted octanol–water partition coefficient (Wildman–Crippen LogP) is 6.58. The van der Waals surface area contributed by atoms with E-state index in [1.165, 1.54) is 69.2 Å². The molecule has 1 aromatic rings. The number of carbonyl (C=O) groups excluding carboxylic acids is 3. The summed E-state index contributed by atoms with van der Waals surface area (Å²) in [6, 6.07) is 8.57. The van der Waals surface area contributed by atoms with Gasteiger partial charge in [0.15, 0.2) is 11.6 Å². The van der Waals surface area contributed by atoms with Crippen molar-refractivity contribution in [2.75, 3.05) is 44.2 Å². The van der Waals surface area contributed by atoms with Gasteiger partial charge in [0.05, 0.1) is 0 Å². The maximum atomic E-state index is 12.6. The van der Waals surface area contributed by atoms with Gasteiger partial charge >= 0.3 is 0 Å². The molecule has 6 nitrogen and oxygen atoms in total. The molecule has 1 fully saturated rings. The first-order valence-electron chi connectivity index (χ1n) is 16.1. The monoisotopic (exact) mass is 563 g/mol. The summed E-state index contributed by atoms with van der Waals surface area (Å²) < 4.78 is 0. The second-order valence-corrected chi connectivity index (χ2v) is 11.9. The van der Waals surface area contributed by atoms with Crippen LogP contribution in [0.4, 0.5) is 5.69 Å². The zero-order valence-corrected chi connectivity index (χ0v) is 26.2. The number of benzene rings is 1. The van der Waals surface area contributed by atoms with E-state index in [1.54, 1.807) is 20.8 Å². The average Bonchev–Trinajstić information content (AvgIpc) is 2.99. The number of hydrogen-bond acceptors (Lipinski definition) is 5. The Morgan fingerprint density at radius 1 is 0.756 bits per heavy atom. The number of unbranched alkanes of at least 4 members (excludes halogenated alkanes) is 7. The standard InChI is InChI=1S/C35H53N3O3/c1-5-6-7-8-9-10-11-14-22-37-23-25-38(26-24-37)32-18-13-12-16-30(32)20-21-36-33(39)19-15-17-31-29(4)34(40)27(2)28(3)35(31)41/h12-13,16,18H,5-11,14-15,17,19-26H2,1-4H3,(H,36,39). The van der Waals surface area contributed by atoms with Gasteiger partial charge in [-0.05, 0) is 64.6 Å². The largest absolute Gasteiger partial charge is 0.369 e. The zero-order chi connectivity index (χ0) is 29.6. The fraction of sp³-hybridized carbons (Fsp3) is 0.629. The van der Waals surface area contributed by atoms with Crippen LogP contribution in [0.3, 0.4) is 0 Å². The van der Waals surface area contributed by atoms with Crippen molar-refractivity contribution in [1.29, 1.82) is 0 Å². The van der Waals surface area contributed by atoms with Gasteiger partial charge in [0, 0.05) is 67.1 Å². The van der Waals surface area contributed by atoms with Gasteiger partial charge in [-0.15, -0.1) is 0 Å². The highest BCUT2D eigenvalue weighted by Crippen LogP contribution is 2.27. The smallest absolute Gasteiger partial charge is 0.220 e. The van der Waals surface area contributed by atoms with Crippen molar-refractivity contribution in [1.82, 2.24) is 10.2 Å². The number of anilines is 1. The fourth-order valence-corrected chi connectivity index (χ4v) is 6.02. The van der Waals surface area contributed by atoms with Gasteiger partial charge in [-0.25, -0.2) is 0 Å². The summed E-state index contributed by atoms with van der Waals surface area (Å²) in [4.78, 5) is 42.6. The predicted molar refractivity (Wildman–Crippen MR) is 169 cm³/mol. The number of nitrogens with one attached hydrogen (secondary N) is 1. The maximum absolute atomic E-state index is 12.6. The normalized spacial score (nSPS) is 16.6. The number of ketones is 2. The summed E-state index contributed by atoms with van der Waals surface area (Å²) >= 11 is 0. The van der Waals surface area contributed by atoms with Crippen LogP contribution >= 0.6 is 0 Å². The minimum Gasteiger partial charge on any atom is -0.369 e. The maximum Gasteiger partial charge on any atom is 0.220 e. The van der Waals surface area contributed by atoms with E-state index in [9.17, 15) is 14.4 Å². The number of amides is 1. The summed E-state index contributed by atoms with van der Waals surface area (Å²) in [5.74, 6) is -0.107. The molecule has 0 saturated carbocycles. The number of nitrogens with zero attached hydrogens (tertiary/aromatic N) is 2. The van der Waals surface area contributed by atoms with Gasteiger partial charge in [-0.2, -0.15) is 0 Å². The molecular formula is C35H53N3O3. The molecule has 1 saturated heterocycles. The second-order valence-electron chi connectivity index (χ2n) is 11.9. The van der Waals surface area contributed by atoms with Crippen LogP contribution < -0.4 is 10.2 Å². The molecule has 0 unspecified atom stereocenters. The van der Waals surface area contributed by atoms with Crippen molar-refractivity contribution in [3.63, 3.8) is 0 Å². The SMILES string of the molecule is CCCCCCCCCCN1CCN(c2ccccc2CCNC(=O)CCCC2=C(C)C(=O)C(C)=C(C)C2=O)CC1. The second kappa shape index (κ2) is 17.3. The van der Waals surface area contributed by atoms with Crippen molar-refractivity contribution in [3.8, 4) is 0 Å². The summed E-state index contributed by atoms with van der Waals surface area (Å²) in [5, 5.41) is 3.06. The number of Topliss-reactive ketones (excluding diaryl/α,β-unsaturated/α-hetero) is 2. The molecule has 0 aromatic heterocycles. The Bertz CT molecular complexity index is 1100. The first-order chi connectivity index (χ1) is 19.8. The zero-order valence-electron chi connectivity index (χ0n) is 26.2. The highest BCUT2D eigenvalue weighted by atomic mass is 16.2. The van der Waals surface area contributed by atoms with E-state index in [2.05, 4.69) is 46.3 Å². The first kappa shape index (κ1) is 32.8. The Morgan fingerprint density at radius 3 is 2.10 bits per heavy atom. The third-order valence-electron chi connectivity index (χ3n) is 8.89. The van der Waals surface area contributed by atoms with E-state index in [-0.39, 0.29) is 17.5 Å². The Hall–Kier alpha value is -2.73. The van der Waals surface area contributed by atoms with Gasteiger partial charge in [-0.1, -0.05) is 70.1 Å². The lowest BCUT2D eigenvalue weighted by atomic mass is 9.84. The Morgan fingerprint density at radius 2 is 1.39 bits per heavy atom. The molecule has 2 aliphatic rings. The molecular weight excluding hydrogens is 510 g/mol. The Labute approximate surface area is 248 Å². The number of para-hydroxylation sites is 1. The van der Waals surface area contributed by atoms with E-state index in [0.29, 0.717) is 48.1 Å². The summed E-state index contributed by atoms with van der Waals surface area (Å²) in [6.07, 6.45) is 13.1. The van der Waals surface area contributed by atoms with E-state index in [1.807, 2.05) is 0 Å². The molecule has 1 aromatic carbocycles. The molecule has 1 amide bonds. The molecule has 0 atom stereocenters. The molecule has 226 valence electrons. The Balaban J connectivity index is 1.35. The number of carbonyl (C=O) groups is 3. The molecule has 1 heterocycles. The number of hydrogen-bond donors (Lipinski definition) is 1. The molecule has 3 rings (SSSR count). The van der Waals surface area contributed by atoms with Crippen LogP contribution in [0, 0.1) is 0 Å². The lowest BCUT2D eigenvalue weighted by Gasteiger charge is -2.37. The third kappa shape index (κ3) is 9.95. The van der Waals surface area contributed by atoms with Crippen LogP contribution in [0.15, 0.2) is 46.6 Å². The topological polar surface area (TPSA) is 69.7 Å². The summed E-state index contributed by atoms with van der Waals surface area (Å²) in [7, 11) is 0. The van der Waals surface area contributed by atoms with Gasteiger partial charge in [-0.3, -0.25) is 19.3 Å². The van der Waals surface area contributed by atoms with Gasteiger partial charge in [0.2, 0.25) is 5.91 Å². The van der Waals surface area contributed by atoms with Crippen LogP contribution in [0.5, 0.6) is 0 Å². The van der Waals surface area contributed by atoms with E-state index in [4.69, 9.17) is 0 Å². The quantitative estimate of drug-likeness (QED) is 0.171. The lowest BCUT2D eigenvalue weighted by molar-refractivity contribution is -0.121. The lowest BCUT2D eigenvalue weighted by Crippen LogP contribution is -2.47. The number of rotatable bonds is 17. The highest BCUT2D eigenvalue weighted by Gasteiger charge is 2.27. The average molecular weight is 564 g/mol. The number of piperazine rings is 1. The van der Waals surface area contributed by atoms with Crippen molar-refractivity contribution in [3.05, 3.63) is 52.1 Å². The molecule has 0 bridgehead atoms. The minimum absolute atomic E-state index is 0.00617. The summed E-state index contributed by atoms with van der Waals surface area (Å²) in [5.41, 5.74) is 4.73. The van der Waals surface area contributed by atoms with Crippen molar-refractivity contribution < 1.29 is 14.4 Å². The van der Waals surface area contributed by atoms with Crippen LogP contribution in [0.1, 0.15) is 104 Å². The van der Waals surface area contributed by atoms with Gasteiger partial charge in [0.1, 0.15) is 0 Å². The first-order valence-corrected chi connectivity index (χ1v) is 16.1. The van der Waals surface area contributed by atoms with E-state index < -0.39 is 0 Å². The van der Waals surface area contributed by atoms with Crippen LogP contribution in [0.25, 0.3) is 0 Å². The fourth-order valence-electron chi connectivity index (χ4n) is 6.02. The van der Waals surface area contributed by atoms with E-state index in [0.717, 1.165) is 32.6 Å². The van der Waals surface area contributed by atoms with Crippen molar-refractivity contribution in [2.24, 2.45) is 0 Å². The van der Waals surface area contributed by atoms with Crippen LogP contribution in [-0.4, -0.2) is 61.6 Å². The van der Waals surface area contributed by atoms with Crippen LogP contribution in [0.2, 0.25) is 0 Å². The van der Waals surface area contributed by atoms with Crippen molar-refractivity contribution in [2.45, 2.75) is 105 Å². The van der Waals surface area contributed by atoms with Crippen LogP contribution in [-0.2, 0) is 20.8 Å². The molecule has 41 heavy (non-hydrogen) atoms. The molecule has 0 spiro atoms. The minimum atomic E-state index is -0.0508. The highest BCUT2D eigenvalue weighted by molar-refractivity contribution is 6.24. The number of allylic oxidation sites excluding steroid dienone is 4. The molecule has 1 aliphatic heterocycles. The summed E-state index contributed by atoms with van der Waals surface area (Å²) in [6.45, 7) is 13.5. The van der Waals surface area contributed by atoms with Gasteiger partial charge < -0.3 is 10.2 Å². The van der Waals surface area contributed by atoms with Gasteiger partial charge in [0.25, 0.3) is 0 Å². The third-order valence-corrected chi connectivity index (χ3v) is 8.89.